The molecule has 4 nitrogen and oxygen atoms in total. The summed E-state index contributed by atoms with van der Waals surface area (Å²) in [6.45, 7) is 4.15. The van der Waals surface area contributed by atoms with Crippen LogP contribution >= 0.6 is 15.9 Å². The quantitative estimate of drug-likeness (QED) is 0.909. The number of rotatable bonds is 3. The van der Waals surface area contributed by atoms with Crippen LogP contribution in [0.15, 0.2) is 29.0 Å². The van der Waals surface area contributed by atoms with Gasteiger partial charge in [0.2, 0.25) is 0 Å². The molecule has 0 fully saturated rings. The first-order chi connectivity index (χ1) is 8.61. The molecule has 0 aliphatic carbocycles. The Hall–Kier alpha value is -1.62. The van der Waals surface area contributed by atoms with Gasteiger partial charge in [-0.15, -0.1) is 0 Å². The summed E-state index contributed by atoms with van der Waals surface area (Å²) in [5, 5.41) is 6.31. The molecule has 0 unspecified atom stereocenters. The molecular formula is C13H15BrN4. The molecular weight excluding hydrogens is 292 g/mol. The van der Waals surface area contributed by atoms with Gasteiger partial charge in [0.05, 0.1) is 0 Å². The van der Waals surface area contributed by atoms with Gasteiger partial charge in [-0.2, -0.15) is 0 Å². The van der Waals surface area contributed by atoms with Gasteiger partial charge in [-0.1, -0.05) is 17.7 Å². The molecule has 0 saturated heterocycles. The fourth-order valence-corrected chi connectivity index (χ4v) is 2.21. The third-order valence-electron chi connectivity index (χ3n) is 2.66. The first-order valence-corrected chi connectivity index (χ1v) is 6.43. The zero-order valence-electron chi connectivity index (χ0n) is 10.6. The highest BCUT2D eigenvalue weighted by Crippen LogP contribution is 2.29. The van der Waals surface area contributed by atoms with E-state index in [0.717, 1.165) is 21.8 Å². The molecule has 0 bridgehead atoms. The highest BCUT2D eigenvalue weighted by molar-refractivity contribution is 9.10. The van der Waals surface area contributed by atoms with Gasteiger partial charge < -0.3 is 10.6 Å². The van der Waals surface area contributed by atoms with Crippen molar-refractivity contribution in [1.82, 2.24) is 9.97 Å². The van der Waals surface area contributed by atoms with Crippen molar-refractivity contribution in [1.29, 1.82) is 0 Å². The van der Waals surface area contributed by atoms with Gasteiger partial charge in [-0.25, -0.2) is 9.97 Å². The molecule has 0 atom stereocenters. The maximum absolute atomic E-state index is 4.24. The number of nitrogens with zero attached hydrogens (tertiary/aromatic N) is 2. The Morgan fingerprint density at radius 3 is 2.50 bits per heavy atom. The van der Waals surface area contributed by atoms with Crippen molar-refractivity contribution in [3.05, 3.63) is 40.1 Å². The molecule has 18 heavy (non-hydrogen) atoms. The number of halogens is 1. The Morgan fingerprint density at radius 1 is 1.11 bits per heavy atom. The van der Waals surface area contributed by atoms with Crippen LogP contribution in [0.4, 0.5) is 17.3 Å². The van der Waals surface area contributed by atoms with Crippen LogP contribution in [0.2, 0.25) is 0 Å². The molecule has 2 N–H and O–H groups in total. The molecule has 2 aromatic rings. The Morgan fingerprint density at radius 2 is 1.83 bits per heavy atom. The van der Waals surface area contributed by atoms with Gasteiger partial charge in [0.15, 0.2) is 0 Å². The van der Waals surface area contributed by atoms with Gasteiger partial charge in [0, 0.05) is 12.7 Å². The Labute approximate surface area is 115 Å². The van der Waals surface area contributed by atoms with Crippen LogP contribution in [0.1, 0.15) is 11.1 Å². The Bertz CT molecular complexity index is 569. The van der Waals surface area contributed by atoms with Gasteiger partial charge in [0.1, 0.15) is 22.4 Å². The topological polar surface area (TPSA) is 49.8 Å². The van der Waals surface area contributed by atoms with E-state index in [1.54, 1.807) is 0 Å². The smallest absolute Gasteiger partial charge is 0.150 e. The molecule has 0 saturated carbocycles. The maximum Gasteiger partial charge on any atom is 0.150 e. The lowest BCUT2D eigenvalue weighted by Gasteiger charge is -2.12. The normalized spacial score (nSPS) is 10.2. The van der Waals surface area contributed by atoms with Crippen LogP contribution in [-0.2, 0) is 0 Å². The van der Waals surface area contributed by atoms with Crippen LogP contribution in [0, 0.1) is 13.8 Å². The third-order valence-corrected chi connectivity index (χ3v) is 3.41. The van der Waals surface area contributed by atoms with Crippen molar-refractivity contribution in [2.45, 2.75) is 13.8 Å². The van der Waals surface area contributed by atoms with Crippen LogP contribution in [0.25, 0.3) is 0 Å². The minimum absolute atomic E-state index is 0.751. The van der Waals surface area contributed by atoms with Crippen molar-refractivity contribution in [3.63, 3.8) is 0 Å². The Balaban J connectivity index is 2.34. The maximum atomic E-state index is 4.24. The molecule has 0 aliphatic heterocycles. The van der Waals surface area contributed by atoms with E-state index in [9.17, 15) is 0 Å². The summed E-state index contributed by atoms with van der Waals surface area (Å²) in [6.07, 6.45) is 1.53. The lowest BCUT2D eigenvalue weighted by atomic mass is 10.1. The summed E-state index contributed by atoms with van der Waals surface area (Å²) in [5.74, 6) is 1.51. The van der Waals surface area contributed by atoms with E-state index >= 15 is 0 Å². The van der Waals surface area contributed by atoms with E-state index < -0.39 is 0 Å². The molecule has 1 heterocycles. The van der Waals surface area contributed by atoms with Crippen molar-refractivity contribution < 1.29 is 0 Å². The SMILES string of the molecule is CNc1ncnc(Nc2ccc(C)cc2C)c1Br. The number of anilines is 3. The van der Waals surface area contributed by atoms with Crippen molar-refractivity contribution in [2.75, 3.05) is 17.7 Å². The van der Waals surface area contributed by atoms with Crippen LogP contribution in [-0.4, -0.2) is 17.0 Å². The molecule has 2 rings (SSSR count). The highest BCUT2D eigenvalue weighted by Gasteiger charge is 2.08. The number of benzene rings is 1. The molecule has 94 valence electrons. The van der Waals surface area contributed by atoms with E-state index in [4.69, 9.17) is 0 Å². The second-order valence-electron chi connectivity index (χ2n) is 4.08. The lowest BCUT2D eigenvalue weighted by Crippen LogP contribution is -2.01. The van der Waals surface area contributed by atoms with Gasteiger partial charge in [-0.3, -0.25) is 0 Å². The van der Waals surface area contributed by atoms with Crippen LogP contribution < -0.4 is 10.6 Å². The molecule has 1 aromatic heterocycles. The van der Waals surface area contributed by atoms with E-state index in [1.807, 2.05) is 7.05 Å². The highest BCUT2D eigenvalue weighted by atomic mass is 79.9. The minimum atomic E-state index is 0.751. The van der Waals surface area contributed by atoms with Crippen molar-refractivity contribution in [2.24, 2.45) is 0 Å². The van der Waals surface area contributed by atoms with Crippen molar-refractivity contribution in [3.8, 4) is 0 Å². The van der Waals surface area contributed by atoms with Crippen LogP contribution in [0.5, 0.6) is 0 Å². The third kappa shape index (κ3) is 2.61. The molecule has 0 aliphatic rings. The number of hydrogen-bond donors (Lipinski definition) is 2. The summed E-state index contributed by atoms with van der Waals surface area (Å²) < 4.78 is 0.826. The van der Waals surface area contributed by atoms with E-state index in [0.29, 0.717) is 0 Å². The molecule has 5 heteroatoms. The number of aromatic nitrogens is 2. The second kappa shape index (κ2) is 5.35. The summed E-state index contributed by atoms with van der Waals surface area (Å²) in [4.78, 5) is 8.36. The zero-order valence-corrected chi connectivity index (χ0v) is 12.2. The van der Waals surface area contributed by atoms with E-state index in [-0.39, 0.29) is 0 Å². The first kappa shape index (κ1) is 12.8. The average molecular weight is 307 g/mol. The van der Waals surface area contributed by atoms with Crippen molar-refractivity contribution >= 4 is 33.3 Å². The number of nitrogens with one attached hydrogen (secondary N) is 2. The van der Waals surface area contributed by atoms with Gasteiger partial charge in [-0.05, 0) is 41.4 Å². The molecule has 1 aromatic carbocycles. The summed E-state index contributed by atoms with van der Waals surface area (Å²) in [6, 6.07) is 6.26. The average Bonchev–Trinajstić information content (AvgIpc) is 2.35. The fraction of sp³-hybridized carbons (Fsp3) is 0.231. The molecule has 0 radical (unpaired) electrons. The standard InChI is InChI=1S/C13H15BrN4/c1-8-4-5-10(9(2)6-8)18-13-11(14)12(15-3)16-7-17-13/h4-7H,1-3H3,(H2,15,16,17,18). The zero-order chi connectivity index (χ0) is 13.1. The summed E-state index contributed by atoms with van der Waals surface area (Å²) >= 11 is 3.49. The summed E-state index contributed by atoms with van der Waals surface area (Å²) in [5.41, 5.74) is 3.48. The first-order valence-electron chi connectivity index (χ1n) is 5.64. The second-order valence-corrected chi connectivity index (χ2v) is 4.87. The number of hydrogen-bond acceptors (Lipinski definition) is 4. The lowest BCUT2D eigenvalue weighted by molar-refractivity contribution is 1.14. The monoisotopic (exact) mass is 306 g/mol. The number of aryl methyl sites for hydroxylation is 2. The largest absolute Gasteiger partial charge is 0.372 e. The molecule has 0 amide bonds. The Kier molecular flexibility index (Phi) is 3.81. The predicted molar refractivity (Wildman–Crippen MR) is 78.5 cm³/mol. The van der Waals surface area contributed by atoms with Gasteiger partial charge >= 0.3 is 0 Å². The minimum Gasteiger partial charge on any atom is -0.372 e. The van der Waals surface area contributed by atoms with E-state index in [2.05, 4.69) is 68.6 Å². The molecule has 0 spiro atoms. The van der Waals surface area contributed by atoms with E-state index in [1.165, 1.54) is 17.5 Å². The predicted octanol–water partition coefficient (Wildman–Crippen LogP) is 3.64. The fourth-order valence-electron chi connectivity index (χ4n) is 1.71. The van der Waals surface area contributed by atoms with Crippen LogP contribution in [0.3, 0.4) is 0 Å². The summed E-state index contributed by atoms with van der Waals surface area (Å²) in [7, 11) is 1.83. The van der Waals surface area contributed by atoms with Gasteiger partial charge in [0.25, 0.3) is 0 Å².